The highest BCUT2D eigenvalue weighted by atomic mass is 15.1. The van der Waals surface area contributed by atoms with Gasteiger partial charge in [0.25, 0.3) is 0 Å². The molecule has 0 aromatic heterocycles. The van der Waals surface area contributed by atoms with Gasteiger partial charge in [0.15, 0.2) is 16.9 Å². The fourth-order valence-corrected chi connectivity index (χ4v) is 0.769. The monoisotopic (exact) mass is 169 g/mol. The average Bonchev–Trinajstić information content (AvgIpc) is 2.17. The van der Waals surface area contributed by atoms with Gasteiger partial charge in [0.2, 0.25) is 4.91 Å². The van der Waals surface area contributed by atoms with Gasteiger partial charge in [-0.25, -0.2) is 0 Å². The lowest BCUT2D eigenvalue weighted by molar-refractivity contribution is 0.992. The second-order valence-corrected chi connectivity index (χ2v) is 2.11. The van der Waals surface area contributed by atoms with Crippen LogP contribution in [0.2, 0.25) is 0 Å². The van der Waals surface area contributed by atoms with Crippen LogP contribution in [-0.4, -0.2) is 0 Å². The van der Waals surface area contributed by atoms with Crippen molar-refractivity contribution in [2.24, 2.45) is 5.11 Å². The van der Waals surface area contributed by atoms with Gasteiger partial charge in [-0.1, -0.05) is 5.92 Å². The van der Waals surface area contributed by atoms with Crippen LogP contribution in [-0.2, 0) is 0 Å². The van der Waals surface area contributed by atoms with E-state index in [1.165, 1.54) is 0 Å². The molecule has 0 heterocycles. The quantitative estimate of drug-likeness (QED) is 0.388. The number of rotatable bonds is 1. The lowest BCUT2D eigenvalue weighted by atomic mass is 10.2. The molecule has 1 rings (SSSR count). The van der Waals surface area contributed by atoms with E-state index in [2.05, 4.69) is 21.9 Å². The zero-order valence-electron chi connectivity index (χ0n) is 6.65. The van der Waals surface area contributed by atoms with Crippen LogP contribution in [0.15, 0.2) is 29.4 Å². The second-order valence-electron chi connectivity index (χ2n) is 2.11. The van der Waals surface area contributed by atoms with Crippen molar-refractivity contribution in [3.8, 4) is 17.9 Å². The van der Waals surface area contributed by atoms with Crippen LogP contribution < -0.4 is 4.91 Å². The molecule has 0 saturated carbocycles. The van der Waals surface area contributed by atoms with E-state index in [0.717, 1.165) is 5.56 Å². The molecule has 13 heavy (non-hydrogen) atoms. The lowest BCUT2D eigenvalue weighted by Gasteiger charge is -1.86. The topological polar surface area (TPSA) is 74.1 Å². The number of benzene rings is 1. The van der Waals surface area contributed by atoms with E-state index in [-0.39, 0.29) is 0 Å². The predicted octanol–water partition coefficient (Wildman–Crippen LogP) is 1.74. The first-order valence-corrected chi connectivity index (χ1v) is 3.44. The first-order chi connectivity index (χ1) is 6.36. The van der Waals surface area contributed by atoms with E-state index in [1.54, 1.807) is 30.3 Å². The summed E-state index contributed by atoms with van der Waals surface area (Å²) in [7, 11) is 0. The summed E-state index contributed by atoms with van der Waals surface area (Å²) >= 11 is 0. The maximum absolute atomic E-state index is 8.18. The zero-order valence-corrected chi connectivity index (χ0v) is 6.65. The number of nitrogens with zero attached hydrogens (tertiary/aromatic N) is 3. The van der Waals surface area contributed by atoms with Crippen LogP contribution in [0.1, 0.15) is 5.56 Å². The van der Waals surface area contributed by atoms with Crippen molar-refractivity contribution < 1.29 is 0 Å². The highest BCUT2D eigenvalue weighted by Crippen LogP contribution is 2.10. The summed E-state index contributed by atoms with van der Waals surface area (Å²) in [5.41, 5.74) is 7.83. The van der Waals surface area contributed by atoms with Crippen LogP contribution >= 0.6 is 0 Å². The molecular weight excluding hydrogens is 164 g/mol. The SMILES string of the molecule is N#CC#Cc1ccc(N=[N+]=N)cc1. The minimum absolute atomic E-state index is 0.595. The van der Waals surface area contributed by atoms with Crippen molar-refractivity contribution >= 4 is 5.69 Å². The molecule has 0 aliphatic carbocycles. The molecule has 0 spiro atoms. The average molecular weight is 169 g/mol. The number of nitriles is 1. The molecule has 0 saturated heterocycles. The van der Waals surface area contributed by atoms with Crippen LogP contribution in [0, 0.1) is 28.7 Å². The van der Waals surface area contributed by atoms with Crippen molar-refractivity contribution in [2.45, 2.75) is 0 Å². The normalized spacial score (nSPS) is 7.31. The largest absolute Gasteiger partial charge is 0.220 e. The summed E-state index contributed by atoms with van der Waals surface area (Å²) in [5, 5.41) is 11.7. The molecule has 0 aliphatic rings. The molecular formula is C9H5N4+. The van der Waals surface area contributed by atoms with Crippen molar-refractivity contribution in [3.05, 3.63) is 29.8 Å². The van der Waals surface area contributed by atoms with Gasteiger partial charge in [-0.15, -0.1) is 0 Å². The van der Waals surface area contributed by atoms with E-state index in [4.69, 9.17) is 10.8 Å². The maximum Gasteiger partial charge on any atom is 0.220 e. The summed E-state index contributed by atoms with van der Waals surface area (Å²) in [6, 6.07) is 8.52. The summed E-state index contributed by atoms with van der Waals surface area (Å²) < 4.78 is 0. The minimum atomic E-state index is 0.595. The smallest absolute Gasteiger partial charge is 0.183 e. The first-order valence-electron chi connectivity index (χ1n) is 3.44. The van der Waals surface area contributed by atoms with E-state index in [0.29, 0.717) is 5.69 Å². The van der Waals surface area contributed by atoms with Gasteiger partial charge >= 0.3 is 0 Å². The Hall–Kier alpha value is -2.42. The second kappa shape index (κ2) is 4.46. The fourth-order valence-electron chi connectivity index (χ4n) is 0.769. The molecule has 4 heteroatoms. The zero-order chi connectivity index (χ0) is 9.52. The Labute approximate surface area is 75.1 Å². The van der Waals surface area contributed by atoms with E-state index < -0.39 is 0 Å². The summed E-state index contributed by atoms with van der Waals surface area (Å²) in [4.78, 5) is 2.88. The van der Waals surface area contributed by atoms with Crippen LogP contribution in [0.4, 0.5) is 5.69 Å². The molecule has 0 bridgehead atoms. The summed E-state index contributed by atoms with van der Waals surface area (Å²) in [6.07, 6.45) is 0. The van der Waals surface area contributed by atoms with Crippen LogP contribution in [0.25, 0.3) is 0 Å². The molecule has 1 N–H and O–H groups in total. The molecule has 60 valence electrons. The minimum Gasteiger partial charge on any atom is -0.183 e. The molecule has 0 radical (unpaired) electrons. The van der Waals surface area contributed by atoms with E-state index in [1.807, 2.05) is 0 Å². The lowest BCUT2D eigenvalue weighted by Crippen LogP contribution is -1.71. The Morgan fingerprint density at radius 3 is 2.54 bits per heavy atom. The Morgan fingerprint density at radius 1 is 1.31 bits per heavy atom. The van der Waals surface area contributed by atoms with Crippen molar-refractivity contribution in [2.75, 3.05) is 0 Å². The first kappa shape index (κ1) is 8.67. The molecule has 0 unspecified atom stereocenters. The number of hydrogen-bond acceptors (Lipinski definition) is 3. The third kappa shape index (κ3) is 2.59. The van der Waals surface area contributed by atoms with Gasteiger partial charge in [0.05, 0.1) is 0 Å². The maximum atomic E-state index is 8.18. The molecule has 0 amide bonds. The molecule has 0 atom stereocenters. The Morgan fingerprint density at radius 2 is 2.00 bits per heavy atom. The predicted molar refractivity (Wildman–Crippen MR) is 45.9 cm³/mol. The third-order valence-corrected chi connectivity index (χ3v) is 1.30. The van der Waals surface area contributed by atoms with Crippen molar-refractivity contribution in [1.29, 1.82) is 10.8 Å². The molecule has 0 aliphatic heterocycles. The van der Waals surface area contributed by atoms with Crippen LogP contribution in [0.5, 0.6) is 0 Å². The highest BCUT2D eigenvalue weighted by Gasteiger charge is 1.93. The van der Waals surface area contributed by atoms with Crippen molar-refractivity contribution in [3.63, 3.8) is 0 Å². The Kier molecular flexibility index (Phi) is 2.97. The summed E-state index contributed by atoms with van der Waals surface area (Å²) in [5.74, 6) is 4.91. The van der Waals surface area contributed by atoms with E-state index in [9.17, 15) is 0 Å². The van der Waals surface area contributed by atoms with Gasteiger partial charge < -0.3 is 0 Å². The molecule has 1 aromatic carbocycles. The van der Waals surface area contributed by atoms with Gasteiger partial charge in [-0.3, -0.25) is 0 Å². The fraction of sp³-hybridized carbons (Fsp3) is 0. The van der Waals surface area contributed by atoms with Gasteiger partial charge in [0.1, 0.15) is 5.53 Å². The van der Waals surface area contributed by atoms with Gasteiger partial charge in [0, 0.05) is 11.5 Å². The number of nitrogens with one attached hydrogen (secondary N) is 1. The Balaban J connectivity index is 2.95. The van der Waals surface area contributed by atoms with E-state index >= 15 is 0 Å². The van der Waals surface area contributed by atoms with Crippen LogP contribution in [0.3, 0.4) is 0 Å². The molecule has 4 nitrogen and oxygen atoms in total. The van der Waals surface area contributed by atoms with Gasteiger partial charge in [-0.2, -0.15) is 5.26 Å². The summed E-state index contributed by atoms with van der Waals surface area (Å²) in [6.45, 7) is 0. The molecule has 1 aromatic rings. The third-order valence-electron chi connectivity index (χ3n) is 1.30. The molecule has 0 fully saturated rings. The number of hydrogen-bond donors (Lipinski definition) is 1. The standard InChI is InChI=1S/C9H5N4/c10-7-1-2-8-3-5-9(6-4-8)12-13-11/h3-6,11H/q+1. The highest BCUT2D eigenvalue weighted by molar-refractivity contribution is 5.45. The van der Waals surface area contributed by atoms with Crippen molar-refractivity contribution in [1.82, 2.24) is 4.91 Å². The Bertz CT molecular complexity index is 435. The van der Waals surface area contributed by atoms with Gasteiger partial charge in [-0.05, 0) is 24.3 Å².